The number of nitrogens with zero attached hydrogens (tertiary/aromatic N) is 3. The van der Waals surface area contributed by atoms with Gasteiger partial charge in [-0.15, -0.1) is 0 Å². The number of nitrogen functional groups attached to an aromatic ring is 1. The number of nitrogens with one attached hydrogen (secondary N) is 1. The smallest absolute Gasteiger partial charge is 0.270 e. The van der Waals surface area contributed by atoms with Gasteiger partial charge in [-0.25, -0.2) is 9.97 Å². The first-order valence-electron chi connectivity index (χ1n) is 7.62. The van der Waals surface area contributed by atoms with Gasteiger partial charge in [0.1, 0.15) is 12.3 Å². The van der Waals surface area contributed by atoms with Crippen molar-refractivity contribution < 1.29 is 14.3 Å². The molecule has 8 heteroatoms. The van der Waals surface area contributed by atoms with Crippen LogP contribution in [-0.2, 0) is 16.0 Å². The Morgan fingerprint density at radius 2 is 2.26 bits per heavy atom. The molecular formula is C15H23N5O3. The molecule has 1 fully saturated rings. The average molecular weight is 321 g/mol. The second-order valence-electron chi connectivity index (χ2n) is 6.12. The Labute approximate surface area is 135 Å². The maximum atomic E-state index is 12.2. The lowest BCUT2D eigenvalue weighted by atomic mass is 10.1. The topological polar surface area (TPSA) is 110 Å². The van der Waals surface area contributed by atoms with Gasteiger partial charge in [0, 0.05) is 25.8 Å². The normalized spacial score (nSPS) is 18.3. The number of aromatic nitrogens is 2. The summed E-state index contributed by atoms with van der Waals surface area (Å²) < 4.78 is 5.38. The first-order valence-corrected chi connectivity index (χ1v) is 7.62. The molecular weight excluding hydrogens is 298 g/mol. The van der Waals surface area contributed by atoms with Gasteiger partial charge in [-0.3, -0.25) is 9.59 Å². The molecule has 2 rings (SSSR count). The van der Waals surface area contributed by atoms with Crippen LogP contribution in [0.1, 0.15) is 30.0 Å². The molecule has 126 valence electrons. The number of amides is 2. The Bertz CT molecular complexity index is 590. The molecule has 1 aliphatic rings. The van der Waals surface area contributed by atoms with Crippen LogP contribution < -0.4 is 11.1 Å². The van der Waals surface area contributed by atoms with E-state index in [1.165, 1.54) is 0 Å². The van der Waals surface area contributed by atoms with Gasteiger partial charge in [-0.2, -0.15) is 0 Å². The standard InChI is InChI=1S/C15H23N5O3/c1-9(2)4-10-5-12(19-15(16)18-10)14(22)17-6-11-7-20(3)13(21)8-23-11/h5,9,11H,4,6-8H2,1-3H3,(H,17,22)(H2,16,18,19)/t11-/m0/s1. The van der Waals surface area contributed by atoms with Crippen LogP contribution in [0.3, 0.4) is 0 Å². The van der Waals surface area contributed by atoms with E-state index < -0.39 is 0 Å². The van der Waals surface area contributed by atoms with Crippen molar-refractivity contribution in [3.8, 4) is 0 Å². The summed E-state index contributed by atoms with van der Waals surface area (Å²) in [5.41, 5.74) is 6.67. The summed E-state index contributed by atoms with van der Waals surface area (Å²) in [6, 6.07) is 1.66. The van der Waals surface area contributed by atoms with Crippen molar-refractivity contribution in [2.24, 2.45) is 5.92 Å². The lowest BCUT2D eigenvalue weighted by Crippen LogP contribution is -2.48. The molecule has 0 spiro atoms. The number of hydrogen-bond donors (Lipinski definition) is 2. The van der Waals surface area contributed by atoms with E-state index in [2.05, 4.69) is 29.1 Å². The predicted octanol–water partition coefficient (Wildman–Crippen LogP) is -0.156. The SMILES string of the molecule is CC(C)Cc1cc(C(=O)NC[C@H]2CN(C)C(=O)CO2)nc(N)n1. The summed E-state index contributed by atoms with van der Waals surface area (Å²) in [6.45, 7) is 4.92. The molecule has 0 unspecified atom stereocenters. The molecule has 8 nitrogen and oxygen atoms in total. The lowest BCUT2D eigenvalue weighted by molar-refractivity contribution is -0.146. The van der Waals surface area contributed by atoms with Crippen molar-refractivity contribution in [3.05, 3.63) is 17.5 Å². The van der Waals surface area contributed by atoms with Crippen LogP contribution in [0.4, 0.5) is 5.95 Å². The monoisotopic (exact) mass is 321 g/mol. The van der Waals surface area contributed by atoms with Crippen molar-refractivity contribution in [2.45, 2.75) is 26.4 Å². The van der Waals surface area contributed by atoms with Crippen molar-refractivity contribution in [2.75, 3.05) is 32.5 Å². The van der Waals surface area contributed by atoms with Crippen LogP contribution in [0.15, 0.2) is 6.07 Å². The van der Waals surface area contributed by atoms with E-state index in [0.29, 0.717) is 19.0 Å². The number of morpholine rings is 1. The molecule has 0 aliphatic carbocycles. The van der Waals surface area contributed by atoms with E-state index in [4.69, 9.17) is 10.5 Å². The molecule has 0 bridgehead atoms. The van der Waals surface area contributed by atoms with Crippen LogP contribution in [0.5, 0.6) is 0 Å². The fraction of sp³-hybridized carbons (Fsp3) is 0.600. The number of rotatable bonds is 5. The maximum Gasteiger partial charge on any atom is 0.270 e. The van der Waals surface area contributed by atoms with Crippen molar-refractivity contribution in [1.82, 2.24) is 20.2 Å². The minimum Gasteiger partial charge on any atom is -0.368 e. The highest BCUT2D eigenvalue weighted by Crippen LogP contribution is 2.09. The number of ether oxygens (including phenoxy) is 1. The Kier molecular flexibility index (Phi) is 5.49. The zero-order valence-corrected chi connectivity index (χ0v) is 13.7. The third-order valence-corrected chi connectivity index (χ3v) is 3.48. The van der Waals surface area contributed by atoms with Crippen LogP contribution >= 0.6 is 0 Å². The van der Waals surface area contributed by atoms with Crippen molar-refractivity contribution in [1.29, 1.82) is 0 Å². The fourth-order valence-corrected chi connectivity index (χ4v) is 2.34. The molecule has 0 saturated carbocycles. The van der Waals surface area contributed by atoms with Gasteiger partial charge in [0.2, 0.25) is 11.9 Å². The second kappa shape index (κ2) is 7.36. The number of likely N-dealkylation sites (N-methyl/N-ethyl adjacent to an activating group) is 1. The molecule has 1 aromatic heterocycles. The molecule has 0 aromatic carbocycles. The molecule has 2 amide bonds. The first-order chi connectivity index (χ1) is 10.8. The molecule has 3 N–H and O–H groups in total. The molecule has 0 radical (unpaired) electrons. The van der Waals surface area contributed by atoms with E-state index in [-0.39, 0.29) is 36.2 Å². The van der Waals surface area contributed by atoms with Gasteiger partial charge >= 0.3 is 0 Å². The largest absolute Gasteiger partial charge is 0.368 e. The summed E-state index contributed by atoms with van der Waals surface area (Å²) >= 11 is 0. The molecule has 23 heavy (non-hydrogen) atoms. The van der Waals surface area contributed by atoms with Gasteiger partial charge in [-0.1, -0.05) is 13.8 Å². The number of carbonyl (C=O) groups is 2. The van der Waals surface area contributed by atoms with E-state index in [1.807, 2.05) is 0 Å². The third kappa shape index (κ3) is 4.88. The zero-order valence-electron chi connectivity index (χ0n) is 13.7. The van der Waals surface area contributed by atoms with Crippen LogP contribution in [-0.4, -0.2) is 59.5 Å². The van der Waals surface area contributed by atoms with E-state index in [1.54, 1.807) is 18.0 Å². The number of nitrogens with two attached hydrogens (primary N) is 1. The highest BCUT2D eigenvalue weighted by Gasteiger charge is 2.24. The number of anilines is 1. The van der Waals surface area contributed by atoms with Gasteiger partial charge in [0.15, 0.2) is 0 Å². The first kappa shape index (κ1) is 17.1. The van der Waals surface area contributed by atoms with Crippen LogP contribution in [0, 0.1) is 5.92 Å². The highest BCUT2D eigenvalue weighted by atomic mass is 16.5. The summed E-state index contributed by atoms with van der Waals surface area (Å²) in [4.78, 5) is 33.3. The molecule has 1 saturated heterocycles. The summed E-state index contributed by atoms with van der Waals surface area (Å²) in [5.74, 6) is 0.109. The van der Waals surface area contributed by atoms with Crippen LogP contribution in [0.25, 0.3) is 0 Å². The molecule has 1 atom stereocenters. The molecule has 1 aromatic rings. The fourth-order valence-electron chi connectivity index (χ4n) is 2.34. The highest BCUT2D eigenvalue weighted by molar-refractivity contribution is 5.92. The Morgan fingerprint density at radius 1 is 1.52 bits per heavy atom. The number of carbonyl (C=O) groups excluding carboxylic acids is 2. The Morgan fingerprint density at radius 3 is 2.91 bits per heavy atom. The Hall–Kier alpha value is -2.22. The minimum atomic E-state index is -0.327. The van der Waals surface area contributed by atoms with E-state index >= 15 is 0 Å². The summed E-state index contributed by atoms with van der Waals surface area (Å²) in [5, 5.41) is 2.76. The van der Waals surface area contributed by atoms with Crippen molar-refractivity contribution in [3.63, 3.8) is 0 Å². The van der Waals surface area contributed by atoms with Gasteiger partial charge in [0.25, 0.3) is 5.91 Å². The quantitative estimate of drug-likeness (QED) is 0.780. The summed E-state index contributed by atoms with van der Waals surface area (Å²) in [6.07, 6.45) is 0.502. The molecule has 1 aliphatic heterocycles. The van der Waals surface area contributed by atoms with Gasteiger partial charge in [-0.05, 0) is 18.4 Å². The van der Waals surface area contributed by atoms with E-state index in [9.17, 15) is 9.59 Å². The predicted molar refractivity (Wildman–Crippen MR) is 84.7 cm³/mol. The average Bonchev–Trinajstić information content (AvgIpc) is 2.46. The zero-order chi connectivity index (χ0) is 17.0. The number of hydrogen-bond acceptors (Lipinski definition) is 6. The second-order valence-corrected chi connectivity index (χ2v) is 6.12. The maximum absolute atomic E-state index is 12.2. The van der Waals surface area contributed by atoms with Gasteiger partial charge < -0.3 is 20.7 Å². The minimum absolute atomic E-state index is 0.0377. The summed E-state index contributed by atoms with van der Waals surface area (Å²) in [7, 11) is 1.71. The molecule has 2 heterocycles. The van der Waals surface area contributed by atoms with Gasteiger partial charge in [0.05, 0.1) is 6.10 Å². The third-order valence-electron chi connectivity index (χ3n) is 3.48. The lowest BCUT2D eigenvalue weighted by Gasteiger charge is -2.29. The van der Waals surface area contributed by atoms with Crippen molar-refractivity contribution >= 4 is 17.8 Å². The van der Waals surface area contributed by atoms with E-state index in [0.717, 1.165) is 12.1 Å². The van der Waals surface area contributed by atoms with Crippen LogP contribution in [0.2, 0.25) is 0 Å². The Balaban J connectivity index is 1.95.